The Morgan fingerprint density at radius 2 is 1.88 bits per heavy atom. The molecule has 0 atom stereocenters. The van der Waals surface area contributed by atoms with Crippen LogP contribution >= 0.6 is 0 Å². The van der Waals surface area contributed by atoms with Crippen molar-refractivity contribution in [2.75, 3.05) is 0 Å². The molecule has 0 saturated heterocycles. The van der Waals surface area contributed by atoms with Crippen molar-refractivity contribution in [2.45, 2.75) is 39.0 Å². The predicted octanol–water partition coefficient (Wildman–Crippen LogP) is 3.43. The molecule has 0 bridgehead atoms. The average Bonchev–Trinajstić information content (AvgIpc) is 2.83. The first-order valence-electron chi connectivity index (χ1n) is 6.22. The zero-order chi connectivity index (χ0) is 11.4. The molecule has 1 fully saturated rings. The summed E-state index contributed by atoms with van der Waals surface area (Å²) in [6, 6.07) is 8.36. The second kappa shape index (κ2) is 5.15. The van der Waals surface area contributed by atoms with Crippen LogP contribution in [0.25, 0.3) is 0 Å². The van der Waals surface area contributed by atoms with Gasteiger partial charge in [0, 0.05) is 5.92 Å². The van der Waals surface area contributed by atoms with Gasteiger partial charge in [-0.3, -0.25) is 0 Å². The summed E-state index contributed by atoms with van der Waals surface area (Å²) >= 11 is 0. The van der Waals surface area contributed by atoms with Crippen molar-refractivity contribution in [1.82, 2.24) is 0 Å². The highest BCUT2D eigenvalue weighted by atomic mass is 14.9. The van der Waals surface area contributed by atoms with Crippen molar-refractivity contribution in [3.8, 4) is 0 Å². The second-order valence-corrected chi connectivity index (χ2v) is 4.54. The lowest BCUT2D eigenvalue weighted by molar-refractivity contribution is 0.722. The lowest BCUT2D eigenvalue weighted by Gasteiger charge is -2.08. The zero-order valence-corrected chi connectivity index (χ0v) is 9.95. The van der Waals surface area contributed by atoms with Crippen molar-refractivity contribution < 1.29 is 0 Å². The lowest BCUT2D eigenvalue weighted by atomic mass is 10.1. The lowest BCUT2D eigenvalue weighted by Crippen LogP contribution is -2.20. The second-order valence-electron chi connectivity index (χ2n) is 4.54. The number of aliphatic imine (C=N–C) groups is 1. The maximum absolute atomic E-state index is 6.03. The molecule has 0 aliphatic heterocycles. The number of aryl methyl sites for hydroxylation is 1. The summed E-state index contributed by atoms with van der Waals surface area (Å²) in [5.41, 5.74) is 8.36. The average molecular weight is 216 g/mol. The van der Waals surface area contributed by atoms with E-state index in [4.69, 9.17) is 5.73 Å². The fourth-order valence-electron chi connectivity index (χ4n) is 2.27. The van der Waals surface area contributed by atoms with E-state index in [9.17, 15) is 0 Å². The van der Waals surface area contributed by atoms with Crippen LogP contribution in [-0.4, -0.2) is 5.84 Å². The summed E-state index contributed by atoms with van der Waals surface area (Å²) < 4.78 is 0. The van der Waals surface area contributed by atoms with Gasteiger partial charge in [-0.05, 0) is 37.0 Å². The molecule has 2 rings (SSSR count). The fourth-order valence-corrected chi connectivity index (χ4v) is 2.27. The van der Waals surface area contributed by atoms with Gasteiger partial charge in [0.1, 0.15) is 5.84 Å². The molecule has 0 unspecified atom stereocenters. The molecule has 1 aromatic rings. The Morgan fingerprint density at radius 1 is 1.25 bits per heavy atom. The standard InChI is InChI=1S/C14H20N2/c1-2-11-7-9-13(10-8-11)16-14(15)12-5-3-4-6-12/h7-10,12H,2-6H2,1H3,(H2,15,16). The minimum atomic E-state index is 0.519. The molecule has 86 valence electrons. The molecule has 1 aliphatic carbocycles. The first kappa shape index (κ1) is 11.2. The summed E-state index contributed by atoms with van der Waals surface area (Å²) in [6.45, 7) is 2.16. The Balaban J connectivity index is 2.08. The summed E-state index contributed by atoms with van der Waals surface area (Å²) in [7, 11) is 0. The van der Waals surface area contributed by atoms with E-state index in [1.807, 2.05) is 0 Å². The van der Waals surface area contributed by atoms with Crippen molar-refractivity contribution in [3.63, 3.8) is 0 Å². The number of rotatable bonds is 3. The number of benzene rings is 1. The Labute approximate surface area is 97.6 Å². The topological polar surface area (TPSA) is 38.4 Å². The summed E-state index contributed by atoms with van der Waals surface area (Å²) in [5, 5.41) is 0. The number of hydrogen-bond acceptors (Lipinski definition) is 1. The highest BCUT2D eigenvalue weighted by molar-refractivity contribution is 5.85. The molecule has 1 aliphatic rings. The molecule has 1 saturated carbocycles. The Hall–Kier alpha value is -1.31. The molecule has 0 spiro atoms. The predicted molar refractivity (Wildman–Crippen MR) is 69.1 cm³/mol. The maximum atomic E-state index is 6.03. The van der Waals surface area contributed by atoms with Gasteiger partial charge in [-0.2, -0.15) is 0 Å². The van der Waals surface area contributed by atoms with Crippen molar-refractivity contribution in [2.24, 2.45) is 16.6 Å². The van der Waals surface area contributed by atoms with Crippen molar-refractivity contribution >= 4 is 11.5 Å². The van der Waals surface area contributed by atoms with Crippen molar-refractivity contribution in [1.29, 1.82) is 0 Å². The molecular formula is C14H20N2. The molecule has 2 nitrogen and oxygen atoms in total. The normalized spacial score (nSPS) is 17.9. The highest BCUT2D eigenvalue weighted by Gasteiger charge is 2.18. The van der Waals surface area contributed by atoms with Crippen molar-refractivity contribution in [3.05, 3.63) is 29.8 Å². The van der Waals surface area contributed by atoms with Gasteiger partial charge >= 0.3 is 0 Å². The first-order valence-corrected chi connectivity index (χ1v) is 6.22. The van der Waals surface area contributed by atoms with Crippen LogP contribution in [-0.2, 0) is 6.42 Å². The molecule has 0 radical (unpaired) electrons. The van der Waals surface area contributed by atoms with Crippen LogP contribution in [0.2, 0.25) is 0 Å². The third kappa shape index (κ3) is 2.63. The largest absolute Gasteiger partial charge is 0.387 e. The summed E-state index contributed by atoms with van der Waals surface area (Å²) in [4.78, 5) is 4.51. The minimum absolute atomic E-state index is 0.519. The molecule has 16 heavy (non-hydrogen) atoms. The van der Waals surface area contributed by atoms with E-state index in [0.717, 1.165) is 17.9 Å². The van der Waals surface area contributed by atoms with E-state index in [2.05, 4.69) is 36.2 Å². The van der Waals surface area contributed by atoms with Crippen LogP contribution in [0.1, 0.15) is 38.2 Å². The summed E-state index contributed by atoms with van der Waals surface area (Å²) in [5.74, 6) is 1.34. The minimum Gasteiger partial charge on any atom is -0.387 e. The van der Waals surface area contributed by atoms with Gasteiger partial charge in [-0.1, -0.05) is 31.9 Å². The quantitative estimate of drug-likeness (QED) is 0.610. The van der Waals surface area contributed by atoms with E-state index >= 15 is 0 Å². The van der Waals surface area contributed by atoms with Gasteiger partial charge < -0.3 is 5.73 Å². The van der Waals surface area contributed by atoms with Gasteiger partial charge in [-0.25, -0.2) is 4.99 Å². The number of nitrogens with two attached hydrogens (primary N) is 1. The number of amidine groups is 1. The van der Waals surface area contributed by atoms with Crippen LogP contribution in [0.4, 0.5) is 5.69 Å². The Morgan fingerprint density at radius 3 is 2.44 bits per heavy atom. The van der Waals surface area contributed by atoms with Gasteiger partial charge in [0.05, 0.1) is 5.69 Å². The molecular weight excluding hydrogens is 196 g/mol. The van der Waals surface area contributed by atoms with E-state index in [1.54, 1.807) is 0 Å². The van der Waals surface area contributed by atoms with E-state index < -0.39 is 0 Å². The van der Waals surface area contributed by atoms with Gasteiger partial charge in [-0.15, -0.1) is 0 Å². The Bertz CT molecular complexity index is 359. The van der Waals surface area contributed by atoms with E-state index in [1.165, 1.54) is 31.2 Å². The van der Waals surface area contributed by atoms with E-state index in [0.29, 0.717) is 5.92 Å². The van der Waals surface area contributed by atoms with Crippen LogP contribution in [0.5, 0.6) is 0 Å². The highest BCUT2D eigenvalue weighted by Crippen LogP contribution is 2.26. The molecule has 0 aromatic heterocycles. The molecule has 1 aromatic carbocycles. The summed E-state index contributed by atoms with van der Waals surface area (Å²) in [6.07, 6.45) is 6.10. The zero-order valence-electron chi connectivity index (χ0n) is 9.95. The van der Waals surface area contributed by atoms with Crippen LogP contribution < -0.4 is 5.73 Å². The van der Waals surface area contributed by atoms with Gasteiger partial charge in [0.15, 0.2) is 0 Å². The van der Waals surface area contributed by atoms with Gasteiger partial charge in [0.2, 0.25) is 0 Å². The number of hydrogen-bond donors (Lipinski definition) is 1. The Kier molecular flexibility index (Phi) is 3.60. The third-order valence-corrected chi connectivity index (χ3v) is 3.38. The van der Waals surface area contributed by atoms with Crippen LogP contribution in [0.15, 0.2) is 29.3 Å². The van der Waals surface area contributed by atoms with E-state index in [-0.39, 0.29) is 0 Å². The molecule has 2 heteroatoms. The smallest absolute Gasteiger partial charge is 0.103 e. The van der Waals surface area contributed by atoms with Crippen LogP contribution in [0, 0.1) is 5.92 Å². The third-order valence-electron chi connectivity index (χ3n) is 3.38. The van der Waals surface area contributed by atoms with Crippen LogP contribution in [0.3, 0.4) is 0 Å². The first-order chi connectivity index (χ1) is 7.79. The number of nitrogens with zero attached hydrogens (tertiary/aromatic N) is 1. The van der Waals surface area contributed by atoms with Gasteiger partial charge in [0.25, 0.3) is 0 Å². The molecule has 2 N–H and O–H groups in total. The monoisotopic (exact) mass is 216 g/mol. The maximum Gasteiger partial charge on any atom is 0.103 e. The molecule has 0 amide bonds. The fraction of sp³-hybridized carbons (Fsp3) is 0.500. The SMILES string of the molecule is CCc1ccc(N=C(N)C2CCCC2)cc1. The molecule has 0 heterocycles.